The summed E-state index contributed by atoms with van der Waals surface area (Å²) in [6.07, 6.45) is 7.20. The molecule has 27 heavy (non-hydrogen) atoms. The average molecular weight is 445 g/mol. The molecule has 138 valence electrons. The molecule has 1 amide bonds. The van der Waals surface area contributed by atoms with Crippen LogP contribution in [0.1, 0.15) is 28.8 Å². The molecule has 1 aromatic carbocycles. The number of thiophene rings is 1. The van der Waals surface area contributed by atoms with Gasteiger partial charge in [0.2, 0.25) is 0 Å². The monoisotopic (exact) mass is 444 g/mol. The van der Waals surface area contributed by atoms with Gasteiger partial charge in [0.25, 0.3) is 11.5 Å². The third kappa shape index (κ3) is 3.86. The Morgan fingerprint density at radius 2 is 2.07 bits per heavy atom. The number of benzene rings is 1. The molecular formula is C19H17BrN4O2S. The van der Waals surface area contributed by atoms with Gasteiger partial charge in [-0.25, -0.2) is 10.4 Å². The van der Waals surface area contributed by atoms with Crippen LogP contribution in [0.2, 0.25) is 0 Å². The van der Waals surface area contributed by atoms with Crippen molar-refractivity contribution in [2.24, 2.45) is 5.10 Å². The number of aryl methyl sites for hydroxylation is 2. The van der Waals surface area contributed by atoms with Crippen molar-refractivity contribution in [3.63, 3.8) is 0 Å². The largest absolute Gasteiger partial charge is 0.289 e. The predicted molar refractivity (Wildman–Crippen MR) is 110 cm³/mol. The molecule has 1 aliphatic carbocycles. The average Bonchev–Trinajstić information content (AvgIpc) is 3.05. The number of hydrazone groups is 1. The zero-order valence-electron chi connectivity index (χ0n) is 14.4. The van der Waals surface area contributed by atoms with Crippen LogP contribution >= 0.6 is 27.3 Å². The summed E-state index contributed by atoms with van der Waals surface area (Å²) in [5, 5.41) is 4.63. The molecule has 0 bridgehead atoms. The summed E-state index contributed by atoms with van der Waals surface area (Å²) >= 11 is 4.97. The summed E-state index contributed by atoms with van der Waals surface area (Å²) in [5.41, 5.74) is 4.30. The van der Waals surface area contributed by atoms with Crippen molar-refractivity contribution in [2.45, 2.75) is 32.2 Å². The Kier molecular flexibility index (Phi) is 5.18. The van der Waals surface area contributed by atoms with Crippen molar-refractivity contribution >= 4 is 49.6 Å². The predicted octanol–water partition coefficient (Wildman–Crippen LogP) is 3.25. The van der Waals surface area contributed by atoms with Crippen molar-refractivity contribution in [3.05, 3.63) is 61.4 Å². The fourth-order valence-corrected chi connectivity index (χ4v) is 4.70. The molecule has 0 saturated heterocycles. The third-order valence-electron chi connectivity index (χ3n) is 4.53. The first-order chi connectivity index (χ1) is 13.1. The molecule has 0 radical (unpaired) electrons. The summed E-state index contributed by atoms with van der Waals surface area (Å²) in [6, 6.07) is 7.54. The molecule has 1 N–H and O–H groups in total. The third-order valence-corrected chi connectivity index (χ3v) is 6.26. The van der Waals surface area contributed by atoms with Crippen molar-refractivity contribution < 1.29 is 4.79 Å². The molecule has 2 aromatic heterocycles. The van der Waals surface area contributed by atoms with Crippen LogP contribution < -0.4 is 11.0 Å². The minimum atomic E-state index is -0.365. The summed E-state index contributed by atoms with van der Waals surface area (Å²) in [5.74, 6) is -0.365. The molecule has 0 saturated carbocycles. The highest BCUT2D eigenvalue weighted by atomic mass is 79.9. The maximum absolute atomic E-state index is 12.8. The number of hydrogen-bond donors (Lipinski definition) is 1. The fourth-order valence-electron chi connectivity index (χ4n) is 3.21. The Morgan fingerprint density at radius 3 is 2.89 bits per heavy atom. The van der Waals surface area contributed by atoms with Crippen LogP contribution in [0.4, 0.5) is 0 Å². The van der Waals surface area contributed by atoms with Gasteiger partial charge in [-0.05, 0) is 48.9 Å². The Hall–Kier alpha value is -2.32. The highest BCUT2D eigenvalue weighted by Crippen LogP contribution is 2.33. The van der Waals surface area contributed by atoms with E-state index in [0.29, 0.717) is 5.39 Å². The van der Waals surface area contributed by atoms with Gasteiger partial charge in [0, 0.05) is 9.35 Å². The first-order valence-corrected chi connectivity index (χ1v) is 10.3. The zero-order chi connectivity index (χ0) is 18.8. The molecule has 2 heterocycles. The van der Waals surface area contributed by atoms with Crippen LogP contribution in [0.25, 0.3) is 10.2 Å². The van der Waals surface area contributed by atoms with Crippen molar-refractivity contribution in [1.82, 2.24) is 15.0 Å². The topological polar surface area (TPSA) is 76.3 Å². The molecule has 0 spiro atoms. The number of fused-ring (bicyclic) bond motifs is 3. The van der Waals surface area contributed by atoms with Crippen LogP contribution in [0, 0.1) is 0 Å². The SMILES string of the molecule is O=C(Cn1cnc2sc3c(c2c1=O)CCCC3)N/N=C/c1ccc(Br)cc1. The number of aromatic nitrogens is 2. The lowest BCUT2D eigenvalue weighted by molar-refractivity contribution is -0.121. The van der Waals surface area contributed by atoms with Crippen molar-refractivity contribution in [2.75, 3.05) is 0 Å². The minimum Gasteiger partial charge on any atom is -0.289 e. The van der Waals surface area contributed by atoms with E-state index in [2.05, 4.69) is 31.4 Å². The Labute approximate surface area is 168 Å². The van der Waals surface area contributed by atoms with Gasteiger partial charge in [-0.2, -0.15) is 5.10 Å². The van der Waals surface area contributed by atoms with Gasteiger partial charge in [0.05, 0.1) is 17.9 Å². The molecule has 3 aromatic rings. The molecular weight excluding hydrogens is 428 g/mol. The van der Waals surface area contributed by atoms with E-state index in [9.17, 15) is 9.59 Å². The van der Waals surface area contributed by atoms with E-state index in [-0.39, 0.29) is 18.0 Å². The minimum absolute atomic E-state index is 0.107. The Morgan fingerprint density at radius 1 is 1.30 bits per heavy atom. The maximum Gasteiger partial charge on any atom is 0.262 e. The van der Waals surface area contributed by atoms with Gasteiger partial charge in [0.1, 0.15) is 11.4 Å². The number of halogens is 1. The van der Waals surface area contributed by atoms with Crippen LogP contribution in [-0.4, -0.2) is 21.7 Å². The lowest BCUT2D eigenvalue weighted by Crippen LogP contribution is -2.30. The maximum atomic E-state index is 12.8. The van der Waals surface area contributed by atoms with Gasteiger partial charge in [0.15, 0.2) is 0 Å². The fraction of sp³-hybridized carbons (Fsp3) is 0.263. The molecule has 0 unspecified atom stereocenters. The highest BCUT2D eigenvalue weighted by Gasteiger charge is 2.20. The zero-order valence-corrected chi connectivity index (χ0v) is 16.8. The second-order valence-electron chi connectivity index (χ2n) is 6.41. The summed E-state index contributed by atoms with van der Waals surface area (Å²) in [4.78, 5) is 31.4. The molecule has 0 aliphatic heterocycles. The van der Waals surface area contributed by atoms with E-state index in [1.807, 2.05) is 24.3 Å². The number of nitrogens with one attached hydrogen (secondary N) is 1. The number of amides is 1. The lowest BCUT2D eigenvalue weighted by atomic mass is 9.97. The number of nitrogens with zero attached hydrogens (tertiary/aromatic N) is 3. The van der Waals surface area contributed by atoms with Gasteiger partial charge >= 0.3 is 0 Å². The van der Waals surface area contributed by atoms with E-state index < -0.39 is 0 Å². The number of hydrogen-bond acceptors (Lipinski definition) is 5. The number of rotatable bonds is 4. The second kappa shape index (κ2) is 7.74. The number of carbonyl (C=O) groups excluding carboxylic acids is 1. The first-order valence-electron chi connectivity index (χ1n) is 8.69. The molecule has 0 atom stereocenters. The lowest BCUT2D eigenvalue weighted by Gasteiger charge is -2.10. The molecule has 6 nitrogen and oxygen atoms in total. The smallest absolute Gasteiger partial charge is 0.262 e. The van der Waals surface area contributed by atoms with Crippen LogP contribution in [0.15, 0.2) is 45.0 Å². The van der Waals surface area contributed by atoms with Crippen LogP contribution in [-0.2, 0) is 24.2 Å². The van der Waals surface area contributed by atoms with Gasteiger partial charge < -0.3 is 0 Å². The van der Waals surface area contributed by atoms with Crippen LogP contribution in [0.3, 0.4) is 0 Å². The quantitative estimate of drug-likeness (QED) is 0.495. The summed E-state index contributed by atoms with van der Waals surface area (Å²) in [7, 11) is 0. The molecule has 4 rings (SSSR count). The summed E-state index contributed by atoms with van der Waals surface area (Å²) in [6.45, 7) is -0.107. The van der Waals surface area contributed by atoms with Crippen molar-refractivity contribution in [1.29, 1.82) is 0 Å². The molecule has 1 aliphatic rings. The van der Waals surface area contributed by atoms with Crippen molar-refractivity contribution in [3.8, 4) is 0 Å². The first kappa shape index (κ1) is 18.1. The normalized spacial score (nSPS) is 13.8. The van der Waals surface area contributed by atoms with Gasteiger partial charge in [-0.3, -0.25) is 14.2 Å². The Bertz CT molecular complexity index is 1090. The summed E-state index contributed by atoms with van der Waals surface area (Å²) < 4.78 is 2.33. The molecule has 0 fully saturated rings. The van der Waals surface area contributed by atoms with Crippen LogP contribution in [0.5, 0.6) is 0 Å². The van der Waals surface area contributed by atoms with E-state index >= 15 is 0 Å². The Balaban J connectivity index is 1.49. The van der Waals surface area contributed by atoms with E-state index in [1.54, 1.807) is 17.6 Å². The second-order valence-corrected chi connectivity index (χ2v) is 8.41. The highest BCUT2D eigenvalue weighted by molar-refractivity contribution is 9.10. The van der Waals surface area contributed by atoms with Gasteiger partial charge in [-0.15, -0.1) is 11.3 Å². The van der Waals surface area contributed by atoms with E-state index in [4.69, 9.17) is 0 Å². The van der Waals surface area contributed by atoms with Gasteiger partial charge in [-0.1, -0.05) is 28.1 Å². The standard InChI is InChI=1S/C19H17BrN4O2S/c20-13-7-5-12(6-8-13)9-22-23-16(25)10-24-11-21-18-17(19(24)26)14-3-1-2-4-15(14)27-18/h5-9,11H,1-4,10H2,(H,23,25)/b22-9+. The molecule has 8 heteroatoms. The number of carbonyl (C=O) groups is 1. The van der Waals surface area contributed by atoms with E-state index in [1.165, 1.54) is 15.8 Å². The van der Waals surface area contributed by atoms with E-state index in [0.717, 1.165) is 46.1 Å².